The number of sulfonamides is 1. The predicted octanol–water partition coefficient (Wildman–Crippen LogP) is 3.24. The molecule has 2 aliphatic rings. The number of amides is 2. The normalized spacial score (nSPS) is 16.8. The van der Waals surface area contributed by atoms with E-state index in [1.165, 1.54) is 4.90 Å². The molecule has 2 aromatic carbocycles. The molecule has 188 valence electrons. The van der Waals surface area contributed by atoms with Crippen LogP contribution >= 0.6 is 0 Å². The third kappa shape index (κ3) is 6.02. The van der Waals surface area contributed by atoms with Crippen LogP contribution < -0.4 is 15.0 Å². The molecule has 2 aliphatic heterocycles. The van der Waals surface area contributed by atoms with Gasteiger partial charge in [-0.05, 0) is 74.6 Å². The van der Waals surface area contributed by atoms with Crippen LogP contribution in [0, 0.1) is 0 Å². The Morgan fingerprint density at radius 2 is 1.74 bits per heavy atom. The molecule has 9 heteroatoms. The molecule has 0 aliphatic carbocycles. The van der Waals surface area contributed by atoms with E-state index in [9.17, 15) is 18.0 Å². The molecule has 0 atom stereocenters. The molecule has 2 heterocycles. The van der Waals surface area contributed by atoms with E-state index in [1.54, 1.807) is 22.5 Å². The number of rotatable bonds is 8. The van der Waals surface area contributed by atoms with Crippen LogP contribution in [0.2, 0.25) is 0 Å². The zero-order valence-electron chi connectivity index (χ0n) is 20.3. The molecule has 8 nitrogen and oxygen atoms in total. The molecule has 0 aromatic heterocycles. The van der Waals surface area contributed by atoms with Crippen molar-refractivity contribution in [3.8, 4) is 5.75 Å². The zero-order valence-corrected chi connectivity index (χ0v) is 21.1. The molecule has 2 aromatic rings. The number of anilines is 1. The van der Waals surface area contributed by atoms with Gasteiger partial charge in [0.15, 0.2) is 0 Å². The number of ether oxygens (including phenoxy) is 1. The fourth-order valence-electron chi connectivity index (χ4n) is 4.48. The van der Waals surface area contributed by atoms with Gasteiger partial charge in [0.1, 0.15) is 12.3 Å². The number of piperidine rings is 1. The lowest BCUT2D eigenvalue weighted by Gasteiger charge is -2.30. The van der Waals surface area contributed by atoms with Gasteiger partial charge >= 0.3 is 0 Å². The van der Waals surface area contributed by atoms with E-state index in [-0.39, 0.29) is 35.8 Å². The van der Waals surface area contributed by atoms with Gasteiger partial charge < -0.3 is 15.0 Å². The summed E-state index contributed by atoms with van der Waals surface area (Å²) in [6.07, 6.45) is 3.58. The Balaban J connectivity index is 1.41. The summed E-state index contributed by atoms with van der Waals surface area (Å²) in [5.74, 6) is 0.348. The van der Waals surface area contributed by atoms with E-state index >= 15 is 0 Å². The standard InChI is InChI=1S/C26H33N3O5S/c1-19(2)34-22-9-6-20(7-10-22)17-27-25(30)18-29-24-12-11-23(16-21(24)8-13-26(29)31)35(32,33)28-14-4-3-5-15-28/h6-7,9-12,16,19H,3-5,8,13-15,17-18H2,1-2H3,(H,27,30). The summed E-state index contributed by atoms with van der Waals surface area (Å²) in [5.41, 5.74) is 2.30. The first-order valence-corrected chi connectivity index (χ1v) is 13.6. The summed E-state index contributed by atoms with van der Waals surface area (Å²) >= 11 is 0. The quantitative estimate of drug-likeness (QED) is 0.602. The first-order chi connectivity index (χ1) is 16.7. The smallest absolute Gasteiger partial charge is 0.243 e. The van der Waals surface area contributed by atoms with Crippen LogP contribution in [-0.2, 0) is 32.6 Å². The number of carbonyl (C=O) groups excluding carboxylic acids is 2. The number of carbonyl (C=O) groups is 2. The lowest BCUT2D eigenvalue weighted by atomic mass is 10.0. The highest BCUT2D eigenvalue weighted by molar-refractivity contribution is 7.89. The van der Waals surface area contributed by atoms with Crippen molar-refractivity contribution >= 4 is 27.5 Å². The fraction of sp³-hybridized carbons (Fsp3) is 0.462. The highest BCUT2D eigenvalue weighted by Crippen LogP contribution is 2.31. The Bertz CT molecular complexity index is 1170. The van der Waals surface area contributed by atoms with Crippen molar-refractivity contribution < 1.29 is 22.7 Å². The minimum absolute atomic E-state index is 0.0893. The first-order valence-electron chi connectivity index (χ1n) is 12.2. The minimum atomic E-state index is -3.56. The molecular formula is C26H33N3O5S. The molecule has 1 N–H and O–H groups in total. The molecule has 0 saturated carbocycles. The van der Waals surface area contributed by atoms with E-state index in [4.69, 9.17) is 4.74 Å². The number of nitrogens with zero attached hydrogens (tertiary/aromatic N) is 2. The molecule has 0 spiro atoms. The second kappa shape index (κ2) is 10.8. The summed E-state index contributed by atoms with van der Waals surface area (Å²) in [6, 6.07) is 12.4. The van der Waals surface area contributed by atoms with Gasteiger partial charge in [-0.3, -0.25) is 9.59 Å². The first kappa shape index (κ1) is 25.2. The van der Waals surface area contributed by atoms with Crippen molar-refractivity contribution in [2.45, 2.75) is 63.5 Å². The average Bonchev–Trinajstić information content (AvgIpc) is 2.85. The Hall–Kier alpha value is -2.91. The van der Waals surface area contributed by atoms with Gasteiger partial charge in [0.2, 0.25) is 21.8 Å². The van der Waals surface area contributed by atoms with Gasteiger partial charge in [0.05, 0.1) is 11.0 Å². The number of nitrogens with one attached hydrogen (secondary N) is 1. The van der Waals surface area contributed by atoms with E-state index in [0.29, 0.717) is 31.7 Å². The van der Waals surface area contributed by atoms with E-state index < -0.39 is 10.0 Å². The predicted molar refractivity (Wildman–Crippen MR) is 134 cm³/mol. The Morgan fingerprint density at radius 3 is 2.43 bits per heavy atom. The Labute approximate surface area is 207 Å². The van der Waals surface area contributed by atoms with Gasteiger partial charge in [0.25, 0.3) is 0 Å². The van der Waals surface area contributed by atoms with Gasteiger partial charge in [-0.1, -0.05) is 18.6 Å². The summed E-state index contributed by atoms with van der Waals surface area (Å²) < 4.78 is 33.3. The molecule has 35 heavy (non-hydrogen) atoms. The van der Waals surface area contributed by atoms with Crippen LogP contribution in [0.15, 0.2) is 47.4 Å². The molecule has 2 amide bonds. The van der Waals surface area contributed by atoms with Crippen molar-refractivity contribution in [3.63, 3.8) is 0 Å². The maximum absolute atomic E-state index is 13.1. The SMILES string of the molecule is CC(C)Oc1ccc(CNC(=O)CN2C(=O)CCc3cc(S(=O)(=O)N4CCCCC4)ccc32)cc1. The van der Waals surface area contributed by atoms with Gasteiger partial charge in [-0.25, -0.2) is 8.42 Å². The van der Waals surface area contributed by atoms with Gasteiger partial charge in [-0.2, -0.15) is 4.31 Å². The van der Waals surface area contributed by atoms with Crippen molar-refractivity contribution in [2.75, 3.05) is 24.5 Å². The summed E-state index contributed by atoms with van der Waals surface area (Å²) in [4.78, 5) is 27.0. The highest BCUT2D eigenvalue weighted by atomic mass is 32.2. The molecule has 0 radical (unpaired) electrons. The maximum Gasteiger partial charge on any atom is 0.243 e. The summed E-state index contributed by atoms with van der Waals surface area (Å²) in [5, 5.41) is 2.86. The Morgan fingerprint density at radius 1 is 1.03 bits per heavy atom. The van der Waals surface area contributed by atoms with Crippen LogP contribution in [-0.4, -0.2) is 50.3 Å². The van der Waals surface area contributed by atoms with Crippen LogP contribution in [0.3, 0.4) is 0 Å². The number of hydrogen-bond acceptors (Lipinski definition) is 5. The summed E-state index contributed by atoms with van der Waals surface area (Å²) in [6.45, 7) is 5.22. The van der Waals surface area contributed by atoms with Crippen molar-refractivity contribution in [1.29, 1.82) is 0 Å². The van der Waals surface area contributed by atoms with Crippen LogP contribution in [0.5, 0.6) is 5.75 Å². The molecule has 0 unspecified atom stereocenters. The van der Waals surface area contributed by atoms with Crippen LogP contribution in [0.4, 0.5) is 5.69 Å². The number of benzene rings is 2. The van der Waals surface area contributed by atoms with Crippen molar-refractivity contribution in [1.82, 2.24) is 9.62 Å². The Kier molecular flexibility index (Phi) is 7.76. The number of fused-ring (bicyclic) bond motifs is 1. The molecular weight excluding hydrogens is 466 g/mol. The largest absolute Gasteiger partial charge is 0.491 e. The minimum Gasteiger partial charge on any atom is -0.491 e. The molecule has 0 bridgehead atoms. The molecule has 1 saturated heterocycles. The fourth-order valence-corrected chi connectivity index (χ4v) is 6.05. The lowest BCUT2D eigenvalue weighted by Crippen LogP contribution is -2.43. The topological polar surface area (TPSA) is 96.0 Å². The van der Waals surface area contributed by atoms with Crippen molar-refractivity contribution in [3.05, 3.63) is 53.6 Å². The second-order valence-corrected chi connectivity index (χ2v) is 11.3. The van der Waals surface area contributed by atoms with E-state index in [0.717, 1.165) is 36.1 Å². The van der Waals surface area contributed by atoms with Crippen molar-refractivity contribution in [2.24, 2.45) is 0 Å². The zero-order chi connectivity index (χ0) is 25.0. The monoisotopic (exact) mass is 499 g/mol. The third-order valence-corrected chi connectivity index (χ3v) is 8.18. The highest BCUT2D eigenvalue weighted by Gasteiger charge is 2.30. The van der Waals surface area contributed by atoms with Crippen LogP contribution in [0.1, 0.15) is 50.7 Å². The van der Waals surface area contributed by atoms with E-state index in [2.05, 4.69) is 5.32 Å². The third-order valence-electron chi connectivity index (χ3n) is 6.29. The van der Waals surface area contributed by atoms with Gasteiger partial charge in [0, 0.05) is 31.7 Å². The maximum atomic E-state index is 13.1. The number of hydrogen-bond donors (Lipinski definition) is 1. The summed E-state index contributed by atoms with van der Waals surface area (Å²) in [7, 11) is -3.56. The lowest BCUT2D eigenvalue weighted by molar-refractivity contribution is -0.124. The molecule has 1 fully saturated rings. The molecule has 4 rings (SSSR count). The number of aryl methyl sites for hydroxylation is 1. The second-order valence-electron chi connectivity index (χ2n) is 9.32. The van der Waals surface area contributed by atoms with E-state index in [1.807, 2.05) is 38.1 Å². The van der Waals surface area contributed by atoms with Gasteiger partial charge in [-0.15, -0.1) is 0 Å². The van der Waals surface area contributed by atoms with Crippen LogP contribution in [0.25, 0.3) is 0 Å². The average molecular weight is 500 g/mol.